The van der Waals surface area contributed by atoms with Crippen molar-refractivity contribution in [3.05, 3.63) is 46.6 Å². The summed E-state index contributed by atoms with van der Waals surface area (Å²) in [6.45, 7) is 5.64. The molecule has 3 N–H and O–H groups in total. The quantitative estimate of drug-likeness (QED) is 0.905. The van der Waals surface area contributed by atoms with E-state index in [0.717, 1.165) is 5.56 Å². The van der Waals surface area contributed by atoms with Gasteiger partial charge >= 0.3 is 5.97 Å². The molecule has 5 nitrogen and oxygen atoms in total. The van der Waals surface area contributed by atoms with E-state index >= 15 is 0 Å². The maximum absolute atomic E-state index is 11.7. The van der Waals surface area contributed by atoms with Gasteiger partial charge in [-0.25, -0.2) is 4.79 Å². The summed E-state index contributed by atoms with van der Waals surface area (Å²) in [4.78, 5) is 11.7. The Morgan fingerprint density at radius 3 is 2.33 bits per heavy atom. The lowest BCUT2D eigenvalue weighted by molar-refractivity contribution is 0.0686. The molecule has 2 rings (SSSR count). The summed E-state index contributed by atoms with van der Waals surface area (Å²) in [6.07, 6.45) is 0. The van der Waals surface area contributed by atoms with Gasteiger partial charge in [0, 0.05) is 11.3 Å². The SMILES string of the molecule is Cc1ccc(-n2c(N)c(C#N)c(C(C)C)c2C(=O)O)cc1. The van der Waals surface area contributed by atoms with Crippen molar-refractivity contribution in [2.24, 2.45) is 0 Å². The van der Waals surface area contributed by atoms with Crippen molar-refractivity contribution in [2.75, 3.05) is 5.73 Å². The highest BCUT2D eigenvalue weighted by molar-refractivity contribution is 5.92. The fourth-order valence-corrected chi connectivity index (χ4v) is 2.46. The van der Waals surface area contributed by atoms with E-state index < -0.39 is 5.97 Å². The predicted octanol–water partition coefficient (Wildman–Crippen LogP) is 3.06. The number of nitriles is 1. The van der Waals surface area contributed by atoms with Crippen molar-refractivity contribution in [1.29, 1.82) is 5.26 Å². The first-order valence-corrected chi connectivity index (χ1v) is 6.63. The molecule has 0 fully saturated rings. The largest absolute Gasteiger partial charge is 0.477 e. The van der Waals surface area contributed by atoms with Crippen molar-refractivity contribution in [3.8, 4) is 11.8 Å². The van der Waals surface area contributed by atoms with E-state index in [1.807, 2.05) is 39.0 Å². The second kappa shape index (κ2) is 5.33. The summed E-state index contributed by atoms with van der Waals surface area (Å²) in [6, 6.07) is 9.38. The number of aromatic carboxylic acids is 1. The highest BCUT2D eigenvalue weighted by atomic mass is 16.4. The molecule has 1 aromatic heterocycles. The van der Waals surface area contributed by atoms with Gasteiger partial charge in [0.15, 0.2) is 0 Å². The summed E-state index contributed by atoms with van der Waals surface area (Å²) in [5, 5.41) is 18.9. The van der Waals surface area contributed by atoms with E-state index in [4.69, 9.17) is 5.73 Å². The van der Waals surface area contributed by atoms with Crippen LogP contribution in [0, 0.1) is 18.3 Å². The Morgan fingerprint density at radius 2 is 1.90 bits per heavy atom. The molecule has 2 aromatic rings. The molecule has 0 spiro atoms. The number of carboxylic acids is 1. The number of nitrogens with zero attached hydrogens (tertiary/aromatic N) is 2. The maximum atomic E-state index is 11.7. The number of hydrogen-bond acceptors (Lipinski definition) is 3. The van der Waals surface area contributed by atoms with E-state index in [-0.39, 0.29) is 23.0 Å². The Bertz CT molecular complexity index is 734. The molecule has 21 heavy (non-hydrogen) atoms. The second-order valence-electron chi connectivity index (χ2n) is 5.27. The molecule has 0 radical (unpaired) electrons. The van der Waals surface area contributed by atoms with Crippen molar-refractivity contribution in [2.45, 2.75) is 26.7 Å². The van der Waals surface area contributed by atoms with Crippen LogP contribution in [0.5, 0.6) is 0 Å². The number of hydrogen-bond donors (Lipinski definition) is 2. The molecule has 0 aliphatic carbocycles. The smallest absolute Gasteiger partial charge is 0.353 e. The Balaban J connectivity index is 2.85. The van der Waals surface area contributed by atoms with Gasteiger partial charge < -0.3 is 10.8 Å². The van der Waals surface area contributed by atoms with Crippen molar-refractivity contribution in [3.63, 3.8) is 0 Å². The Hall–Kier alpha value is -2.74. The minimum atomic E-state index is -1.09. The average molecular weight is 283 g/mol. The van der Waals surface area contributed by atoms with E-state index in [0.29, 0.717) is 11.3 Å². The number of benzene rings is 1. The average Bonchev–Trinajstić information content (AvgIpc) is 2.73. The summed E-state index contributed by atoms with van der Waals surface area (Å²) in [5.41, 5.74) is 8.51. The Kier molecular flexibility index (Phi) is 3.72. The van der Waals surface area contributed by atoms with Gasteiger partial charge in [-0.2, -0.15) is 5.26 Å². The standard InChI is InChI=1S/C16H17N3O2/c1-9(2)13-12(8-17)15(18)19(14(13)16(20)21)11-6-4-10(3)5-7-11/h4-7,9H,18H2,1-3H3,(H,20,21). The molecule has 0 aliphatic rings. The fraction of sp³-hybridized carbons (Fsp3) is 0.250. The van der Waals surface area contributed by atoms with Gasteiger partial charge in [-0.3, -0.25) is 4.57 Å². The summed E-state index contributed by atoms with van der Waals surface area (Å²) >= 11 is 0. The third-order valence-electron chi connectivity index (χ3n) is 3.43. The number of carbonyl (C=O) groups is 1. The molecule has 1 heterocycles. The summed E-state index contributed by atoms with van der Waals surface area (Å²) in [5.74, 6) is -1.03. The Morgan fingerprint density at radius 1 is 1.33 bits per heavy atom. The first kappa shape index (κ1) is 14.7. The molecule has 5 heteroatoms. The second-order valence-corrected chi connectivity index (χ2v) is 5.27. The van der Waals surface area contributed by atoms with E-state index in [1.54, 1.807) is 12.1 Å². The number of nitrogens with two attached hydrogens (primary N) is 1. The topological polar surface area (TPSA) is 92.0 Å². The molecular weight excluding hydrogens is 266 g/mol. The summed E-state index contributed by atoms with van der Waals surface area (Å²) < 4.78 is 1.44. The normalized spacial score (nSPS) is 10.6. The molecule has 0 aliphatic heterocycles. The first-order chi connectivity index (χ1) is 9.88. The minimum absolute atomic E-state index is 0.0582. The van der Waals surface area contributed by atoms with Gasteiger partial charge in [-0.1, -0.05) is 31.5 Å². The van der Waals surface area contributed by atoms with Crippen LogP contribution in [-0.2, 0) is 0 Å². The zero-order valence-electron chi connectivity index (χ0n) is 12.2. The molecular formula is C16H17N3O2. The van der Waals surface area contributed by atoms with Crippen LogP contribution in [0.2, 0.25) is 0 Å². The van der Waals surface area contributed by atoms with Crippen LogP contribution >= 0.6 is 0 Å². The number of aromatic nitrogens is 1. The van der Waals surface area contributed by atoms with E-state index in [9.17, 15) is 15.2 Å². The van der Waals surface area contributed by atoms with E-state index in [2.05, 4.69) is 0 Å². The molecule has 0 saturated carbocycles. The molecule has 108 valence electrons. The third kappa shape index (κ3) is 2.36. The van der Waals surface area contributed by atoms with Crippen LogP contribution in [0.25, 0.3) is 5.69 Å². The zero-order valence-corrected chi connectivity index (χ0v) is 12.2. The molecule has 0 amide bonds. The van der Waals surface area contributed by atoms with Crippen LogP contribution in [0.3, 0.4) is 0 Å². The number of nitrogen functional groups attached to an aromatic ring is 1. The lowest BCUT2D eigenvalue weighted by Gasteiger charge is -2.11. The van der Waals surface area contributed by atoms with Crippen molar-refractivity contribution < 1.29 is 9.90 Å². The summed E-state index contributed by atoms with van der Waals surface area (Å²) in [7, 11) is 0. The van der Waals surface area contributed by atoms with Crippen molar-refractivity contribution >= 4 is 11.8 Å². The lowest BCUT2D eigenvalue weighted by Crippen LogP contribution is -2.11. The van der Waals surface area contributed by atoms with Crippen LogP contribution in [-0.4, -0.2) is 15.6 Å². The van der Waals surface area contributed by atoms with Gasteiger partial charge in [-0.15, -0.1) is 0 Å². The lowest BCUT2D eigenvalue weighted by atomic mass is 9.99. The van der Waals surface area contributed by atoms with Gasteiger partial charge in [0.2, 0.25) is 0 Å². The highest BCUT2D eigenvalue weighted by Crippen LogP contribution is 2.33. The maximum Gasteiger partial charge on any atom is 0.353 e. The van der Waals surface area contributed by atoms with Crippen LogP contribution in [0.1, 0.15) is 46.9 Å². The van der Waals surface area contributed by atoms with Gasteiger partial charge in [0.25, 0.3) is 0 Å². The highest BCUT2D eigenvalue weighted by Gasteiger charge is 2.28. The van der Waals surface area contributed by atoms with Crippen molar-refractivity contribution in [1.82, 2.24) is 4.57 Å². The minimum Gasteiger partial charge on any atom is -0.477 e. The van der Waals surface area contributed by atoms with Gasteiger partial charge in [0.1, 0.15) is 17.6 Å². The number of anilines is 1. The predicted molar refractivity (Wildman–Crippen MR) is 80.7 cm³/mol. The monoisotopic (exact) mass is 283 g/mol. The molecule has 0 unspecified atom stereocenters. The van der Waals surface area contributed by atoms with Gasteiger partial charge in [0.05, 0.1) is 5.56 Å². The molecule has 1 aromatic carbocycles. The van der Waals surface area contributed by atoms with E-state index in [1.165, 1.54) is 4.57 Å². The zero-order chi connectivity index (χ0) is 15.7. The number of rotatable bonds is 3. The van der Waals surface area contributed by atoms with Gasteiger partial charge in [-0.05, 0) is 25.0 Å². The number of aryl methyl sites for hydroxylation is 1. The third-order valence-corrected chi connectivity index (χ3v) is 3.43. The fourth-order valence-electron chi connectivity index (χ4n) is 2.46. The molecule has 0 atom stereocenters. The van der Waals surface area contributed by atoms with Crippen LogP contribution in [0.4, 0.5) is 5.82 Å². The molecule has 0 bridgehead atoms. The van der Waals surface area contributed by atoms with Crippen LogP contribution < -0.4 is 5.73 Å². The Labute approximate surface area is 123 Å². The van der Waals surface area contributed by atoms with Crippen LogP contribution in [0.15, 0.2) is 24.3 Å². The number of carboxylic acid groups (broad SMARTS) is 1. The molecule has 0 saturated heterocycles. The first-order valence-electron chi connectivity index (χ1n) is 6.63.